The van der Waals surface area contributed by atoms with Gasteiger partial charge in [-0.2, -0.15) is 0 Å². The second kappa shape index (κ2) is 9.18. The molecule has 2 aromatic rings. The van der Waals surface area contributed by atoms with Crippen LogP contribution in [0.4, 0.5) is 0 Å². The summed E-state index contributed by atoms with van der Waals surface area (Å²) >= 11 is 5.45. The van der Waals surface area contributed by atoms with Crippen molar-refractivity contribution in [3.05, 3.63) is 71.3 Å². The van der Waals surface area contributed by atoms with E-state index in [1.807, 2.05) is 37.3 Å². The van der Waals surface area contributed by atoms with Gasteiger partial charge >= 0.3 is 5.97 Å². The molecule has 0 saturated carbocycles. The second-order valence-corrected chi connectivity index (χ2v) is 6.22. The molecule has 0 fully saturated rings. The third-order valence-electron chi connectivity index (χ3n) is 3.67. The lowest BCUT2D eigenvalue weighted by Crippen LogP contribution is -2.43. The topological polar surface area (TPSA) is 38.3 Å². The average Bonchev–Trinajstić information content (AvgIpc) is 2.57. The number of benzene rings is 2. The Hall–Kier alpha value is -2.20. The summed E-state index contributed by atoms with van der Waals surface area (Å²) in [5.41, 5.74) is 3.41. The van der Waals surface area contributed by atoms with Crippen LogP contribution in [-0.4, -0.2) is 23.6 Å². The zero-order chi connectivity index (χ0) is 17.4. The highest BCUT2D eigenvalue weighted by molar-refractivity contribution is 7.80. The number of thiocarbonyl (C=S) groups is 1. The van der Waals surface area contributed by atoms with Crippen LogP contribution < -0.4 is 5.32 Å². The van der Waals surface area contributed by atoms with Gasteiger partial charge in [0, 0.05) is 12.8 Å². The molecule has 24 heavy (non-hydrogen) atoms. The molecule has 0 bridgehead atoms. The van der Waals surface area contributed by atoms with E-state index in [9.17, 15) is 4.79 Å². The first kappa shape index (κ1) is 18.1. The van der Waals surface area contributed by atoms with Gasteiger partial charge in [0.1, 0.15) is 6.04 Å². The lowest BCUT2D eigenvalue weighted by Gasteiger charge is -2.19. The van der Waals surface area contributed by atoms with Crippen molar-refractivity contribution >= 4 is 23.2 Å². The van der Waals surface area contributed by atoms with Gasteiger partial charge in [-0.05, 0) is 25.0 Å². The van der Waals surface area contributed by atoms with E-state index in [0.717, 1.165) is 11.1 Å². The maximum absolute atomic E-state index is 12.2. The van der Waals surface area contributed by atoms with Gasteiger partial charge in [-0.1, -0.05) is 72.4 Å². The number of carbonyl (C=O) groups excluding carboxylic acids is 1. The number of hydrogen-bond donors (Lipinski definition) is 1. The molecule has 0 aliphatic carbocycles. The molecule has 2 rings (SSSR count). The summed E-state index contributed by atoms with van der Waals surface area (Å²) in [5, 5.41) is 3.17. The van der Waals surface area contributed by atoms with E-state index >= 15 is 0 Å². The molecular formula is C20H23NO2S. The van der Waals surface area contributed by atoms with Gasteiger partial charge in [-0.15, -0.1) is 0 Å². The van der Waals surface area contributed by atoms with Crippen molar-refractivity contribution in [1.29, 1.82) is 0 Å². The first-order valence-corrected chi connectivity index (χ1v) is 8.54. The Kier molecular flexibility index (Phi) is 6.94. The van der Waals surface area contributed by atoms with E-state index in [2.05, 4.69) is 36.5 Å². The number of aryl methyl sites for hydroxylation is 1. The van der Waals surface area contributed by atoms with Crippen LogP contribution in [0.25, 0.3) is 0 Å². The molecule has 0 heterocycles. The molecule has 0 amide bonds. The Bertz CT molecular complexity index is 668. The minimum Gasteiger partial charge on any atom is -0.464 e. The van der Waals surface area contributed by atoms with E-state index in [0.29, 0.717) is 24.4 Å². The smallest absolute Gasteiger partial charge is 0.328 e. The first-order valence-electron chi connectivity index (χ1n) is 8.14. The number of nitrogens with one attached hydrogen (secondary N) is 1. The number of ether oxygens (including phenoxy) is 1. The second-order valence-electron chi connectivity index (χ2n) is 5.72. The van der Waals surface area contributed by atoms with Crippen LogP contribution in [0.5, 0.6) is 0 Å². The number of carbonyl (C=O) groups is 1. The largest absolute Gasteiger partial charge is 0.464 e. The zero-order valence-corrected chi connectivity index (χ0v) is 14.9. The Balaban J connectivity index is 2.02. The molecule has 126 valence electrons. The molecule has 0 unspecified atom stereocenters. The standard InChI is InChI=1S/C20H23NO2S/c1-3-23-20(22)18(13-16-7-5-4-6-8-16)21-19(24)14-17-11-9-15(2)10-12-17/h4-12,18H,3,13-14H2,1-2H3,(H,21,24)/t18-/m0/s1. The van der Waals surface area contributed by atoms with Crippen LogP contribution in [-0.2, 0) is 22.4 Å². The molecule has 1 atom stereocenters. The van der Waals surface area contributed by atoms with E-state index in [1.54, 1.807) is 0 Å². The van der Waals surface area contributed by atoms with Crippen molar-refractivity contribution in [1.82, 2.24) is 5.32 Å². The van der Waals surface area contributed by atoms with E-state index in [-0.39, 0.29) is 5.97 Å². The van der Waals surface area contributed by atoms with Crippen molar-refractivity contribution in [3.8, 4) is 0 Å². The van der Waals surface area contributed by atoms with Gasteiger partial charge in [-0.3, -0.25) is 0 Å². The number of esters is 1. The molecule has 3 nitrogen and oxygen atoms in total. The zero-order valence-electron chi connectivity index (χ0n) is 14.1. The average molecular weight is 341 g/mol. The van der Waals surface area contributed by atoms with Crippen molar-refractivity contribution < 1.29 is 9.53 Å². The van der Waals surface area contributed by atoms with Gasteiger partial charge in [0.2, 0.25) is 0 Å². The Morgan fingerprint density at radius 3 is 2.38 bits per heavy atom. The maximum atomic E-state index is 12.2. The lowest BCUT2D eigenvalue weighted by molar-refractivity contribution is -0.145. The fourth-order valence-corrected chi connectivity index (χ4v) is 2.73. The summed E-state index contributed by atoms with van der Waals surface area (Å²) in [6.07, 6.45) is 1.16. The van der Waals surface area contributed by atoms with Crippen LogP contribution in [0.1, 0.15) is 23.6 Å². The first-order chi connectivity index (χ1) is 11.6. The molecule has 1 N–H and O–H groups in total. The third-order valence-corrected chi connectivity index (χ3v) is 3.94. The summed E-state index contributed by atoms with van der Waals surface area (Å²) in [6, 6.07) is 17.6. The van der Waals surface area contributed by atoms with E-state index in [1.165, 1.54) is 5.56 Å². The highest BCUT2D eigenvalue weighted by Gasteiger charge is 2.21. The fraction of sp³-hybridized carbons (Fsp3) is 0.300. The Morgan fingerprint density at radius 2 is 1.75 bits per heavy atom. The van der Waals surface area contributed by atoms with Gasteiger partial charge in [-0.25, -0.2) is 4.79 Å². The predicted molar refractivity (Wildman–Crippen MR) is 101 cm³/mol. The molecular weight excluding hydrogens is 318 g/mol. The SMILES string of the molecule is CCOC(=O)[C@H](Cc1ccccc1)NC(=S)Cc1ccc(C)cc1. The minimum absolute atomic E-state index is 0.271. The maximum Gasteiger partial charge on any atom is 0.328 e. The highest BCUT2D eigenvalue weighted by atomic mass is 32.1. The molecule has 0 aliphatic heterocycles. The molecule has 0 saturated heterocycles. The van der Waals surface area contributed by atoms with Gasteiger partial charge in [0.05, 0.1) is 11.6 Å². The van der Waals surface area contributed by atoms with Crippen molar-refractivity contribution in [2.24, 2.45) is 0 Å². The van der Waals surface area contributed by atoms with Crippen molar-refractivity contribution in [3.63, 3.8) is 0 Å². The van der Waals surface area contributed by atoms with Gasteiger partial charge in [0.15, 0.2) is 0 Å². The quantitative estimate of drug-likeness (QED) is 0.616. The molecule has 0 aliphatic rings. The predicted octanol–water partition coefficient (Wildman–Crippen LogP) is 3.63. The van der Waals surface area contributed by atoms with Crippen LogP contribution in [0.2, 0.25) is 0 Å². The molecule has 0 radical (unpaired) electrons. The molecule has 0 spiro atoms. The van der Waals surface area contributed by atoms with Crippen LogP contribution in [0, 0.1) is 6.92 Å². The fourth-order valence-electron chi connectivity index (χ4n) is 2.42. The van der Waals surface area contributed by atoms with Crippen LogP contribution >= 0.6 is 12.2 Å². The Morgan fingerprint density at radius 1 is 1.08 bits per heavy atom. The normalized spacial score (nSPS) is 11.6. The molecule has 0 aromatic heterocycles. The highest BCUT2D eigenvalue weighted by Crippen LogP contribution is 2.08. The van der Waals surface area contributed by atoms with Gasteiger partial charge < -0.3 is 10.1 Å². The summed E-state index contributed by atoms with van der Waals surface area (Å²) in [4.78, 5) is 12.9. The van der Waals surface area contributed by atoms with Crippen LogP contribution in [0.15, 0.2) is 54.6 Å². The molecule has 4 heteroatoms. The number of hydrogen-bond acceptors (Lipinski definition) is 3. The monoisotopic (exact) mass is 341 g/mol. The van der Waals surface area contributed by atoms with Crippen molar-refractivity contribution in [2.75, 3.05) is 6.61 Å². The summed E-state index contributed by atoms with van der Waals surface area (Å²) in [7, 11) is 0. The Labute approximate surface area is 149 Å². The van der Waals surface area contributed by atoms with E-state index in [4.69, 9.17) is 17.0 Å². The number of rotatable bonds is 7. The van der Waals surface area contributed by atoms with E-state index < -0.39 is 6.04 Å². The summed E-state index contributed by atoms with van der Waals surface area (Å²) in [5.74, 6) is -0.271. The summed E-state index contributed by atoms with van der Waals surface area (Å²) < 4.78 is 5.18. The minimum atomic E-state index is -0.467. The summed E-state index contributed by atoms with van der Waals surface area (Å²) in [6.45, 7) is 4.22. The van der Waals surface area contributed by atoms with Crippen molar-refractivity contribution in [2.45, 2.75) is 32.7 Å². The van der Waals surface area contributed by atoms with Gasteiger partial charge in [0.25, 0.3) is 0 Å². The molecule has 2 aromatic carbocycles. The lowest BCUT2D eigenvalue weighted by atomic mass is 10.1. The van der Waals surface area contributed by atoms with Crippen LogP contribution in [0.3, 0.4) is 0 Å². The third kappa shape index (κ3) is 5.78.